The van der Waals surface area contributed by atoms with Crippen molar-refractivity contribution in [1.29, 1.82) is 0 Å². The zero-order valence-electron chi connectivity index (χ0n) is 10.2. The number of hydrogen-bond donors (Lipinski definition) is 1. The molecule has 0 aliphatic rings. The summed E-state index contributed by atoms with van der Waals surface area (Å²) in [6.07, 6.45) is 0.877. The Bertz CT molecular complexity index is 599. The molecule has 0 aliphatic carbocycles. The van der Waals surface area contributed by atoms with Crippen LogP contribution in [0, 0.1) is 12.7 Å². The Kier molecular flexibility index (Phi) is 3.41. The highest BCUT2D eigenvalue weighted by atomic mass is 19.1. The van der Waals surface area contributed by atoms with E-state index >= 15 is 0 Å². The number of hydrogen-bond acceptors (Lipinski definition) is 3. The van der Waals surface area contributed by atoms with Gasteiger partial charge in [-0.3, -0.25) is 4.98 Å². The number of carbonyl (C=O) groups is 1. The minimum absolute atomic E-state index is 0.299. The first-order valence-electron chi connectivity index (χ1n) is 5.62. The number of aryl methyl sites for hydroxylation is 1. The van der Waals surface area contributed by atoms with Crippen molar-refractivity contribution in [2.75, 3.05) is 6.54 Å². The van der Waals surface area contributed by atoms with Crippen LogP contribution in [0.2, 0.25) is 0 Å². The number of nitrogens with one attached hydrogen (secondary N) is 1. The second-order valence-electron chi connectivity index (χ2n) is 3.83. The first-order valence-corrected chi connectivity index (χ1v) is 5.62. The van der Waals surface area contributed by atoms with Crippen LogP contribution in [0.1, 0.15) is 12.5 Å². The zero-order chi connectivity index (χ0) is 13.1. The van der Waals surface area contributed by atoms with Gasteiger partial charge in [-0.25, -0.2) is 9.18 Å². The highest BCUT2D eigenvalue weighted by Gasteiger charge is 2.08. The summed E-state index contributed by atoms with van der Waals surface area (Å²) in [6, 6.07) is 4.63. The van der Waals surface area contributed by atoms with E-state index in [-0.39, 0.29) is 5.82 Å². The average molecular weight is 248 g/mol. The van der Waals surface area contributed by atoms with Gasteiger partial charge in [-0.05, 0) is 32.0 Å². The fraction of sp³-hybridized carbons (Fsp3) is 0.231. The maximum Gasteiger partial charge on any atom is 0.412 e. The smallest absolute Gasteiger partial charge is 0.409 e. The molecule has 1 heterocycles. The van der Waals surface area contributed by atoms with Gasteiger partial charge in [0, 0.05) is 17.5 Å². The van der Waals surface area contributed by atoms with Gasteiger partial charge in [0.25, 0.3) is 0 Å². The Balaban J connectivity index is 2.34. The van der Waals surface area contributed by atoms with Crippen LogP contribution in [0.4, 0.5) is 9.18 Å². The molecule has 0 atom stereocenters. The molecule has 4 nitrogen and oxygen atoms in total. The van der Waals surface area contributed by atoms with Gasteiger partial charge in [-0.15, -0.1) is 0 Å². The predicted octanol–water partition coefficient (Wildman–Crippen LogP) is 2.79. The summed E-state index contributed by atoms with van der Waals surface area (Å²) in [5.41, 5.74) is 1.05. The third-order valence-corrected chi connectivity index (χ3v) is 2.55. The van der Waals surface area contributed by atoms with Crippen LogP contribution < -0.4 is 10.1 Å². The molecule has 2 aromatic rings. The van der Waals surface area contributed by atoms with Crippen molar-refractivity contribution < 1.29 is 13.9 Å². The fourth-order valence-corrected chi connectivity index (χ4v) is 1.65. The van der Waals surface area contributed by atoms with E-state index in [2.05, 4.69) is 10.3 Å². The number of ether oxygens (including phenoxy) is 1. The molecule has 0 unspecified atom stereocenters. The lowest BCUT2D eigenvalue weighted by Crippen LogP contribution is -2.26. The van der Waals surface area contributed by atoms with Gasteiger partial charge >= 0.3 is 6.09 Å². The summed E-state index contributed by atoms with van der Waals surface area (Å²) in [7, 11) is 0. The van der Waals surface area contributed by atoms with E-state index < -0.39 is 6.09 Å². The second kappa shape index (κ2) is 5.00. The largest absolute Gasteiger partial charge is 0.412 e. The molecule has 1 N–H and O–H groups in total. The third kappa shape index (κ3) is 2.40. The van der Waals surface area contributed by atoms with Crippen molar-refractivity contribution in [2.24, 2.45) is 0 Å². The Hall–Kier alpha value is -2.17. The lowest BCUT2D eigenvalue weighted by Gasteiger charge is -2.07. The van der Waals surface area contributed by atoms with Crippen molar-refractivity contribution in [3.05, 3.63) is 35.8 Å². The molecule has 0 bridgehead atoms. The number of rotatable bonds is 2. The van der Waals surface area contributed by atoms with Gasteiger partial charge in [-0.2, -0.15) is 0 Å². The van der Waals surface area contributed by atoms with E-state index in [1.165, 1.54) is 12.3 Å². The molecule has 0 aliphatic heterocycles. The number of pyridine rings is 1. The Morgan fingerprint density at radius 3 is 3.00 bits per heavy atom. The number of carbonyl (C=O) groups excluding carboxylic acids is 1. The molecule has 0 saturated carbocycles. The van der Waals surface area contributed by atoms with E-state index in [1.807, 2.05) is 0 Å². The molecule has 0 spiro atoms. The lowest BCUT2D eigenvalue weighted by atomic mass is 10.1. The summed E-state index contributed by atoms with van der Waals surface area (Å²) in [6.45, 7) is 3.95. The molecule has 18 heavy (non-hydrogen) atoms. The van der Waals surface area contributed by atoms with E-state index in [1.54, 1.807) is 26.0 Å². The molecule has 1 aromatic carbocycles. The predicted molar refractivity (Wildman–Crippen MR) is 66.1 cm³/mol. The Labute approximate surface area is 104 Å². The number of nitrogens with zero attached hydrogens (tertiary/aromatic N) is 1. The molecule has 94 valence electrons. The fourth-order valence-electron chi connectivity index (χ4n) is 1.65. The van der Waals surface area contributed by atoms with Gasteiger partial charge in [-0.1, -0.05) is 0 Å². The van der Waals surface area contributed by atoms with E-state index in [0.29, 0.717) is 23.4 Å². The summed E-state index contributed by atoms with van der Waals surface area (Å²) in [5.74, 6) is 0.0341. The maximum absolute atomic E-state index is 13.3. The van der Waals surface area contributed by atoms with Crippen LogP contribution in [-0.2, 0) is 0 Å². The highest BCUT2D eigenvalue weighted by Crippen LogP contribution is 2.22. The first kappa shape index (κ1) is 12.3. The summed E-state index contributed by atoms with van der Waals surface area (Å²) in [5, 5.41) is 3.25. The third-order valence-electron chi connectivity index (χ3n) is 2.55. The molecule has 1 aromatic heterocycles. The SMILES string of the molecule is CCNC(=O)Oc1cnc2c(C)c(F)ccc2c1. The van der Waals surface area contributed by atoms with Crippen LogP contribution in [0.5, 0.6) is 5.75 Å². The lowest BCUT2D eigenvalue weighted by molar-refractivity contribution is 0.201. The van der Waals surface area contributed by atoms with Crippen LogP contribution in [0.3, 0.4) is 0 Å². The summed E-state index contributed by atoms with van der Waals surface area (Å²) >= 11 is 0. The Morgan fingerprint density at radius 1 is 1.50 bits per heavy atom. The average Bonchev–Trinajstić information content (AvgIpc) is 2.34. The minimum atomic E-state index is -0.530. The van der Waals surface area contributed by atoms with Crippen molar-refractivity contribution in [3.8, 4) is 5.75 Å². The van der Waals surface area contributed by atoms with Crippen LogP contribution >= 0.6 is 0 Å². The maximum atomic E-state index is 13.3. The summed E-state index contributed by atoms with van der Waals surface area (Å²) in [4.78, 5) is 15.4. The molecular weight excluding hydrogens is 235 g/mol. The number of fused-ring (bicyclic) bond motifs is 1. The van der Waals surface area contributed by atoms with Gasteiger partial charge < -0.3 is 10.1 Å². The molecular formula is C13H13FN2O2. The zero-order valence-corrected chi connectivity index (χ0v) is 10.2. The standard InChI is InChI=1S/C13H13FN2O2/c1-3-15-13(17)18-10-6-9-4-5-11(14)8(2)12(9)16-7-10/h4-7H,3H2,1-2H3,(H,15,17). The quantitative estimate of drug-likeness (QED) is 0.889. The van der Waals surface area contributed by atoms with Crippen molar-refractivity contribution >= 4 is 17.0 Å². The Morgan fingerprint density at radius 2 is 2.28 bits per heavy atom. The monoisotopic (exact) mass is 248 g/mol. The number of benzene rings is 1. The van der Waals surface area contributed by atoms with E-state index in [0.717, 1.165) is 5.39 Å². The normalized spacial score (nSPS) is 10.4. The van der Waals surface area contributed by atoms with Crippen LogP contribution in [-0.4, -0.2) is 17.6 Å². The van der Waals surface area contributed by atoms with Gasteiger partial charge in [0.1, 0.15) is 5.82 Å². The molecule has 5 heteroatoms. The number of halogens is 1. The molecule has 0 fully saturated rings. The number of aromatic nitrogens is 1. The minimum Gasteiger partial charge on any atom is -0.409 e. The van der Waals surface area contributed by atoms with Crippen molar-refractivity contribution in [1.82, 2.24) is 10.3 Å². The van der Waals surface area contributed by atoms with Crippen LogP contribution in [0.15, 0.2) is 24.4 Å². The van der Waals surface area contributed by atoms with Crippen LogP contribution in [0.25, 0.3) is 10.9 Å². The highest BCUT2D eigenvalue weighted by molar-refractivity contribution is 5.83. The van der Waals surface area contributed by atoms with Crippen molar-refractivity contribution in [3.63, 3.8) is 0 Å². The second-order valence-corrected chi connectivity index (χ2v) is 3.83. The molecule has 2 rings (SSSR count). The van der Waals surface area contributed by atoms with Gasteiger partial charge in [0.05, 0.1) is 11.7 Å². The number of amides is 1. The van der Waals surface area contributed by atoms with Gasteiger partial charge in [0.15, 0.2) is 5.75 Å². The summed E-state index contributed by atoms with van der Waals surface area (Å²) < 4.78 is 18.4. The van der Waals surface area contributed by atoms with E-state index in [9.17, 15) is 9.18 Å². The van der Waals surface area contributed by atoms with Gasteiger partial charge in [0.2, 0.25) is 0 Å². The molecule has 1 amide bonds. The first-order chi connectivity index (χ1) is 8.61. The van der Waals surface area contributed by atoms with E-state index in [4.69, 9.17) is 4.74 Å². The van der Waals surface area contributed by atoms with Crippen molar-refractivity contribution in [2.45, 2.75) is 13.8 Å². The topological polar surface area (TPSA) is 51.2 Å². The molecule has 0 radical (unpaired) electrons. The molecule has 0 saturated heterocycles.